The number of ether oxygens (including phenoxy) is 1. The Bertz CT molecular complexity index is 533. The van der Waals surface area contributed by atoms with E-state index in [2.05, 4.69) is 25.9 Å². The average molecular weight is 269 g/mol. The third-order valence-corrected chi connectivity index (χ3v) is 2.58. The van der Waals surface area contributed by atoms with Gasteiger partial charge in [-0.1, -0.05) is 0 Å². The molecule has 2 aromatic rings. The lowest BCUT2D eigenvalue weighted by Gasteiger charge is -2.03. The van der Waals surface area contributed by atoms with E-state index in [1.165, 1.54) is 6.92 Å². The van der Waals surface area contributed by atoms with E-state index in [4.69, 9.17) is 4.74 Å². The number of carbonyl (C=O) groups is 1. The third kappa shape index (κ3) is 1.63. The standard InChI is InChI=1S/C10H9BrN2O2/c1-5(14)6-4-12-10-9(6)7(15-2)3-8(11)13-10/h3-4H,1-2H3,(H,12,13). The molecule has 0 spiro atoms. The second-order valence-corrected chi connectivity index (χ2v) is 3.94. The molecule has 4 nitrogen and oxygen atoms in total. The van der Waals surface area contributed by atoms with Gasteiger partial charge in [0.05, 0.1) is 12.5 Å². The summed E-state index contributed by atoms with van der Waals surface area (Å²) in [4.78, 5) is 18.5. The molecule has 0 atom stereocenters. The van der Waals surface area contributed by atoms with E-state index in [0.29, 0.717) is 21.6 Å². The molecule has 2 rings (SSSR count). The molecule has 0 bridgehead atoms. The number of nitrogens with zero attached hydrogens (tertiary/aromatic N) is 1. The number of Topliss-reactive ketones (excluding diaryl/α,β-unsaturated/α-hetero) is 1. The summed E-state index contributed by atoms with van der Waals surface area (Å²) in [7, 11) is 1.57. The molecule has 2 aromatic heterocycles. The fourth-order valence-corrected chi connectivity index (χ4v) is 1.89. The summed E-state index contributed by atoms with van der Waals surface area (Å²) < 4.78 is 5.89. The molecule has 0 amide bonds. The number of aromatic nitrogens is 2. The molecule has 0 unspecified atom stereocenters. The van der Waals surface area contributed by atoms with Crippen LogP contribution in [0.5, 0.6) is 5.75 Å². The SMILES string of the molecule is COc1cc(Br)nc2[nH]cc(C(C)=O)c12. The van der Waals surface area contributed by atoms with Crippen molar-refractivity contribution in [3.05, 3.63) is 22.4 Å². The summed E-state index contributed by atoms with van der Waals surface area (Å²) in [5.74, 6) is 0.627. The topological polar surface area (TPSA) is 55.0 Å². The van der Waals surface area contributed by atoms with Gasteiger partial charge < -0.3 is 9.72 Å². The molecule has 5 heteroatoms. The van der Waals surface area contributed by atoms with E-state index in [1.54, 1.807) is 19.4 Å². The molecular formula is C10H9BrN2O2. The van der Waals surface area contributed by atoms with Crippen molar-refractivity contribution in [1.82, 2.24) is 9.97 Å². The number of rotatable bonds is 2. The first kappa shape index (κ1) is 10.2. The lowest BCUT2D eigenvalue weighted by atomic mass is 10.1. The highest BCUT2D eigenvalue weighted by Gasteiger charge is 2.14. The van der Waals surface area contributed by atoms with Gasteiger partial charge in [0.25, 0.3) is 0 Å². The van der Waals surface area contributed by atoms with Crippen LogP contribution in [0.4, 0.5) is 0 Å². The van der Waals surface area contributed by atoms with Crippen LogP contribution in [-0.2, 0) is 0 Å². The van der Waals surface area contributed by atoms with Crippen LogP contribution in [0, 0.1) is 0 Å². The Kier molecular flexibility index (Phi) is 2.48. The number of hydrogen-bond acceptors (Lipinski definition) is 3. The van der Waals surface area contributed by atoms with Gasteiger partial charge in [0.1, 0.15) is 16.0 Å². The maximum atomic E-state index is 11.4. The molecule has 0 radical (unpaired) electrons. The van der Waals surface area contributed by atoms with Crippen molar-refractivity contribution >= 4 is 32.7 Å². The number of fused-ring (bicyclic) bond motifs is 1. The summed E-state index contributed by atoms with van der Waals surface area (Å²) in [6, 6.07) is 1.74. The van der Waals surface area contributed by atoms with Gasteiger partial charge in [-0.2, -0.15) is 0 Å². The molecule has 78 valence electrons. The van der Waals surface area contributed by atoms with Gasteiger partial charge in [-0.15, -0.1) is 0 Å². The van der Waals surface area contributed by atoms with Crippen molar-refractivity contribution in [3.63, 3.8) is 0 Å². The number of halogens is 1. The quantitative estimate of drug-likeness (QED) is 0.673. The van der Waals surface area contributed by atoms with Gasteiger partial charge >= 0.3 is 0 Å². The van der Waals surface area contributed by atoms with Crippen LogP contribution in [0.1, 0.15) is 17.3 Å². The number of aromatic amines is 1. The minimum atomic E-state index is -0.0105. The number of ketones is 1. The van der Waals surface area contributed by atoms with Gasteiger partial charge in [0, 0.05) is 17.8 Å². The van der Waals surface area contributed by atoms with Gasteiger partial charge in [-0.3, -0.25) is 4.79 Å². The predicted molar refractivity (Wildman–Crippen MR) is 60.4 cm³/mol. The number of nitrogens with one attached hydrogen (secondary N) is 1. The van der Waals surface area contributed by atoms with Crippen molar-refractivity contribution in [2.24, 2.45) is 0 Å². The Labute approximate surface area is 94.8 Å². The normalized spacial score (nSPS) is 10.6. The van der Waals surface area contributed by atoms with E-state index in [9.17, 15) is 4.79 Å². The van der Waals surface area contributed by atoms with E-state index < -0.39 is 0 Å². The highest BCUT2D eigenvalue weighted by Crippen LogP contribution is 2.30. The number of H-pyrrole nitrogens is 1. The zero-order valence-corrected chi connectivity index (χ0v) is 9.88. The highest BCUT2D eigenvalue weighted by atomic mass is 79.9. The Balaban J connectivity index is 2.83. The van der Waals surface area contributed by atoms with Crippen molar-refractivity contribution in [3.8, 4) is 5.75 Å². The predicted octanol–water partition coefficient (Wildman–Crippen LogP) is 2.54. The second-order valence-electron chi connectivity index (χ2n) is 3.13. The average Bonchev–Trinajstić information content (AvgIpc) is 2.59. The lowest BCUT2D eigenvalue weighted by Crippen LogP contribution is -1.93. The Morgan fingerprint density at radius 1 is 1.60 bits per heavy atom. The number of hydrogen-bond donors (Lipinski definition) is 1. The molecule has 0 saturated heterocycles. The first-order chi connectivity index (χ1) is 7.13. The summed E-state index contributed by atoms with van der Waals surface area (Å²) in [6.45, 7) is 1.52. The lowest BCUT2D eigenvalue weighted by molar-refractivity contribution is 0.101. The maximum absolute atomic E-state index is 11.4. The van der Waals surface area contributed by atoms with E-state index in [1.807, 2.05) is 0 Å². The first-order valence-corrected chi connectivity index (χ1v) is 5.15. The summed E-state index contributed by atoms with van der Waals surface area (Å²) in [6.07, 6.45) is 1.65. The Hall–Kier alpha value is -1.36. The molecule has 0 aromatic carbocycles. The van der Waals surface area contributed by atoms with E-state index >= 15 is 0 Å². The van der Waals surface area contributed by atoms with Gasteiger partial charge in [0.2, 0.25) is 0 Å². The van der Waals surface area contributed by atoms with Gasteiger partial charge in [-0.25, -0.2) is 4.98 Å². The third-order valence-electron chi connectivity index (χ3n) is 2.17. The highest BCUT2D eigenvalue weighted by molar-refractivity contribution is 9.10. The zero-order chi connectivity index (χ0) is 11.0. The first-order valence-electron chi connectivity index (χ1n) is 4.36. The van der Waals surface area contributed by atoms with Crippen LogP contribution in [0.25, 0.3) is 11.0 Å². The van der Waals surface area contributed by atoms with E-state index in [-0.39, 0.29) is 5.78 Å². The smallest absolute Gasteiger partial charge is 0.162 e. The minimum Gasteiger partial charge on any atom is -0.496 e. The fourth-order valence-electron chi connectivity index (χ4n) is 1.51. The monoisotopic (exact) mass is 268 g/mol. The molecule has 0 aliphatic heterocycles. The summed E-state index contributed by atoms with van der Waals surface area (Å²) >= 11 is 3.27. The summed E-state index contributed by atoms with van der Waals surface area (Å²) in [5, 5.41) is 0.730. The van der Waals surface area contributed by atoms with Crippen molar-refractivity contribution in [1.29, 1.82) is 0 Å². The molecule has 0 fully saturated rings. The van der Waals surface area contributed by atoms with Gasteiger partial charge in [0.15, 0.2) is 5.78 Å². The molecule has 2 heterocycles. The maximum Gasteiger partial charge on any atom is 0.162 e. The zero-order valence-electron chi connectivity index (χ0n) is 8.30. The van der Waals surface area contributed by atoms with Crippen molar-refractivity contribution < 1.29 is 9.53 Å². The molecular weight excluding hydrogens is 260 g/mol. The minimum absolute atomic E-state index is 0.0105. The van der Waals surface area contributed by atoms with Crippen LogP contribution in [-0.4, -0.2) is 22.9 Å². The van der Waals surface area contributed by atoms with Crippen LogP contribution in [0.15, 0.2) is 16.9 Å². The Morgan fingerprint density at radius 3 is 2.93 bits per heavy atom. The molecule has 0 aliphatic rings. The number of carbonyl (C=O) groups excluding carboxylic acids is 1. The number of pyridine rings is 1. The van der Waals surface area contributed by atoms with Crippen molar-refractivity contribution in [2.45, 2.75) is 6.92 Å². The number of methoxy groups -OCH3 is 1. The Morgan fingerprint density at radius 2 is 2.33 bits per heavy atom. The van der Waals surface area contributed by atoms with Crippen LogP contribution in [0.3, 0.4) is 0 Å². The van der Waals surface area contributed by atoms with Crippen LogP contribution in [0.2, 0.25) is 0 Å². The molecule has 1 N–H and O–H groups in total. The molecule has 0 aliphatic carbocycles. The van der Waals surface area contributed by atoms with Crippen molar-refractivity contribution in [2.75, 3.05) is 7.11 Å². The summed E-state index contributed by atoms with van der Waals surface area (Å²) in [5.41, 5.74) is 1.24. The van der Waals surface area contributed by atoms with E-state index in [0.717, 1.165) is 5.39 Å². The van der Waals surface area contributed by atoms with Crippen LogP contribution >= 0.6 is 15.9 Å². The fraction of sp³-hybridized carbons (Fsp3) is 0.200. The second kappa shape index (κ2) is 3.66. The van der Waals surface area contributed by atoms with Crippen LogP contribution < -0.4 is 4.74 Å². The largest absolute Gasteiger partial charge is 0.496 e. The molecule has 0 saturated carbocycles. The molecule has 15 heavy (non-hydrogen) atoms. The van der Waals surface area contributed by atoms with Gasteiger partial charge in [-0.05, 0) is 22.9 Å².